The van der Waals surface area contributed by atoms with Crippen LogP contribution in [0.5, 0.6) is 0 Å². The highest BCUT2D eigenvalue weighted by Crippen LogP contribution is 2.37. The van der Waals surface area contributed by atoms with Crippen molar-refractivity contribution >= 4 is 11.9 Å². The summed E-state index contributed by atoms with van der Waals surface area (Å²) in [5.41, 5.74) is -1.22. The Hall–Kier alpha value is -1.32. The van der Waals surface area contributed by atoms with E-state index < -0.39 is 17.4 Å². The van der Waals surface area contributed by atoms with Gasteiger partial charge >= 0.3 is 11.9 Å². The van der Waals surface area contributed by atoms with Crippen molar-refractivity contribution in [1.29, 1.82) is 0 Å². The van der Waals surface area contributed by atoms with Crippen LogP contribution in [0, 0.1) is 11.3 Å². The molecule has 90 valence electrons. The van der Waals surface area contributed by atoms with Crippen LogP contribution in [-0.4, -0.2) is 26.2 Å². The Bertz CT molecular complexity index is 290. The van der Waals surface area contributed by atoms with E-state index in [-0.39, 0.29) is 5.92 Å². The predicted molar refractivity (Wildman–Crippen MR) is 58.6 cm³/mol. The average Bonchev–Trinajstić information content (AvgIpc) is 2.36. The van der Waals surface area contributed by atoms with Crippen molar-refractivity contribution in [3.8, 4) is 0 Å². The molecule has 0 heterocycles. The summed E-state index contributed by atoms with van der Waals surface area (Å²) in [6.45, 7) is 1.59. The van der Waals surface area contributed by atoms with Crippen LogP contribution in [0.3, 0.4) is 0 Å². The molecule has 0 spiro atoms. The van der Waals surface area contributed by atoms with Crippen LogP contribution in [-0.2, 0) is 19.1 Å². The average molecular weight is 226 g/mol. The van der Waals surface area contributed by atoms with E-state index in [9.17, 15) is 9.59 Å². The normalized spacial score (nSPS) is 20.3. The summed E-state index contributed by atoms with van der Waals surface area (Å²) in [6, 6.07) is 0. The van der Waals surface area contributed by atoms with Gasteiger partial charge in [-0.15, -0.1) is 0 Å². The molecule has 0 fully saturated rings. The fourth-order valence-electron chi connectivity index (χ4n) is 2.10. The molecule has 0 amide bonds. The molecule has 0 aromatic carbocycles. The lowest BCUT2D eigenvalue weighted by molar-refractivity contribution is -0.171. The molecule has 0 bridgehead atoms. The van der Waals surface area contributed by atoms with E-state index in [0.29, 0.717) is 0 Å². The maximum absolute atomic E-state index is 11.8. The summed E-state index contributed by atoms with van der Waals surface area (Å²) in [7, 11) is 2.58. The first-order valence-corrected chi connectivity index (χ1v) is 5.40. The van der Waals surface area contributed by atoms with Crippen molar-refractivity contribution in [2.75, 3.05) is 14.2 Å². The summed E-state index contributed by atoms with van der Waals surface area (Å²) in [4.78, 5) is 23.6. The van der Waals surface area contributed by atoms with Crippen molar-refractivity contribution in [2.24, 2.45) is 11.3 Å². The number of rotatable bonds is 3. The van der Waals surface area contributed by atoms with Gasteiger partial charge in [-0.3, -0.25) is 9.59 Å². The summed E-state index contributed by atoms with van der Waals surface area (Å²) in [5, 5.41) is 0. The molecule has 1 aliphatic carbocycles. The van der Waals surface area contributed by atoms with Crippen molar-refractivity contribution in [1.82, 2.24) is 0 Å². The molecule has 16 heavy (non-hydrogen) atoms. The second kappa shape index (κ2) is 5.14. The Morgan fingerprint density at radius 1 is 1.25 bits per heavy atom. The van der Waals surface area contributed by atoms with Gasteiger partial charge in [-0.05, 0) is 26.2 Å². The van der Waals surface area contributed by atoms with E-state index in [4.69, 9.17) is 9.47 Å². The molecular weight excluding hydrogens is 208 g/mol. The lowest BCUT2D eigenvalue weighted by atomic mass is 9.72. The van der Waals surface area contributed by atoms with Crippen molar-refractivity contribution in [2.45, 2.75) is 26.2 Å². The fourth-order valence-corrected chi connectivity index (χ4v) is 2.10. The van der Waals surface area contributed by atoms with Crippen molar-refractivity contribution in [3.63, 3.8) is 0 Å². The molecule has 0 aromatic heterocycles. The number of allylic oxidation sites excluding steroid dienone is 2. The molecule has 4 heteroatoms. The van der Waals surface area contributed by atoms with Gasteiger partial charge in [0.25, 0.3) is 0 Å². The Kier molecular flexibility index (Phi) is 4.10. The second-order valence-corrected chi connectivity index (χ2v) is 4.15. The number of methoxy groups -OCH3 is 2. The SMILES string of the molecule is COC(=O)C(C)(C(=O)OC)C1C=CCCC1. The Morgan fingerprint density at radius 2 is 1.81 bits per heavy atom. The number of carbonyl (C=O) groups excluding carboxylic acids is 2. The number of esters is 2. The van der Waals surface area contributed by atoms with Gasteiger partial charge in [0.1, 0.15) is 0 Å². The Balaban J connectivity index is 3.02. The maximum atomic E-state index is 11.8. The molecule has 1 aliphatic rings. The first-order chi connectivity index (χ1) is 7.57. The van der Waals surface area contributed by atoms with Crippen LogP contribution in [0.4, 0.5) is 0 Å². The standard InChI is InChI=1S/C12H18O4/c1-12(10(13)15-2,11(14)16-3)9-7-5-4-6-8-9/h5,7,9H,4,6,8H2,1-3H3. The van der Waals surface area contributed by atoms with Crippen LogP contribution < -0.4 is 0 Å². The largest absolute Gasteiger partial charge is 0.468 e. The molecule has 4 nitrogen and oxygen atoms in total. The zero-order valence-corrected chi connectivity index (χ0v) is 9.99. The van der Waals surface area contributed by atoms with E-state index in [1.54, 1.807) is 6.92 Å². The van der Waals surface area contributed by atoms with Crippen LogP contribution in [0.2, 0.25) is 0 Å². The molecule has 1 atom stereocenters. The molecular formula is C12H18O4. The zero-order chi connectivity index (χ0) is 12.2. The maximum Gasteiger partial charge on any atom is 0.323 e. The molecule has 1 rings (SSSR count). The van der Waals surface area contributed by atoms with E-state index in [0.717, 1.165) is 19.3 Å². The summed E-state index contributed by atoms with van der Waals surface area (Å²) in [6.07, 6.45) is 6.69. The van der Waals surface area contributed by atoms with E-state index >= 15 is 0 Å². The van der Waals surface area contributed by atoms with Crippen molar-refractivity contribution in [3.05, 3.63) is 12.2 Å². The van der Waals surface area contributed by atoms with E-state index in [1.165, 1.54) is 14.2 Å². The predicted octanol–water partition coefficient (Wildman–Crippen LogP) is 1.70. The van der Waals surface area contributed by atoms with Gasteiger partial charge < -0.3 is 9.47 Å². The lowest BCUT2D eigenvalue weighted by Crippen LogP contribution is -2.44. The summed E-state index contributed by atoms with van der Waals surface area (Å²) in [5.74, 6) is -1.20. The fraction of sp³-hybridized carbons (Fsp3) is 0.667. The van der Waals surface area contributed by atoms with Crippen LogP contribution in [0.1, 0.15) is 26.2 Å². The lowest BCUT2D eigenvalue weighted by Gasteiger charge is -2.32. The molecule has 0 saturated carbocycles. The Labute approximate surface area is 95.6 Å². The number of carbonyl (C=O) groups is 2. The quantitative estimate of drug-likeness (QED) is 0.417. The first-order valence-electron chi connectivity index (χ1n) is 5.40. The number of ether oxygens (including phenoxy) is 2. The molecule has 0 aromatic rings. The third kappa shape index (κ3) is 2.10. The smallest absolute Gasteiger partial charge is 0.323 e. The minimum absolute atomic E-state index is 0.138. The highest BCUT2D eigenvalue weighted by molar-refractivity contribution is 6.00. The minimum atomic E-state index is -1.22. The molecule has 0 saturated heterocycles. The molecule has 0 radical (unpaired) electrons. The van der Waals surface area contributed by atoms with Gasteiger partial charge in [-0.2, -0.15) is 0 Å². The topological polar surface area (TPSA) is 52.6 Å². The highest BCUT2D eigenvalue weighted by atomic mass is 16.5. The first kappa shape index (κ1) is 12.7. The van der Waals surface area contributed by atoms with Crippen LogP contribution in [0.25, 0.3) is 0 Å². The number of hydrogen-bond acceptors (Lipinski definition) is 4. The zero-order valence-electron chi connectivity index (χ0n) is 9.99. The molecule has 0 N–H and O–H groups in total. The number of hydrogen-bond donors (Lipinski definition) is 0. The van der Waals surface area contributed by atoms with Gasteiger partial charge in [-0.1, -0.05) is 12.2 Å². The van der Waals surface area contributed by atoms with Crippen LogP contribution in [0.15, 0.2) is 12.2 Å². The van der Waals surface area contributed by atoms with Gasteiger partial charge in [0.2, 0.25) is 0 Å². The molecule has 1 unspecified atom stereocenters. The minimum Gasteiger partial charge on any atom is -0.468 e. The monoisotopic (exact) mass is 226 g/mol. The third-order valence-electron chi connectivity index (χ3n) is 3.21. The van der Waals surface area contributed by atoms with Crippen LogP contribution >= 0.6 is 0 Å². The van der Waals surface area contributed by atoms with E-state index in [1.807, 2.05) is 12.2 Å². The molecule has 0 aliphatic heterocycles. The second-order valence-electron chi connectivity index (χ2n) is 4.15. The van der Waals surface area contributed by atoms with Gasteiger partial charge in [0, 0.05) is 5.92 Å². The van der Waals surface area contributed by atoms with E-state index in [2.05, 4.69) is 0 Å². The summed E-state index contributed by atoms with van der Waals surface area (Å²) >= 11 is 0. The van der Waals surface area contributed by atoms with Gasteiger partial charge in [0.15, 0.2) is 5.41 Å². The Morgan fingerprint density at radius 3 is 2.19 bits per heavy atom. The third-order valence-corrected chi connectivity index (χ3v) is 3.21. The summed E-state index contributed by atoms with van der Waals surface area (Å²) < 4.78 is 9.44. The highest BCUT2D eigenvalue weighted by Gasteiger charge is 2.49. The van der Waals surface area contributed by atoms with Gasteiger partial charge in [0.05, 0.1) is 14.2 Å². The van der Waals surface area contributed by atoms with Crippen molar-refractivity contribution < 1.29 is 19.1 Å². The van der Waals surface area contributed by atoms with Gasteiger partial charge in [-0.25, -0.2) is 0 Å².